The van der Waals surface area contributed by atoms with Gasteiger partial charge in [-0.3, -0.25) is 19.5 Å². The Morgan fingerprint density at radius 3 is 2.96 bits per heavy atom. The van der Waals surface area contributed by atoms with E-state index in [2.05, 4.69) is 37.5 Å². The van der Waals surface area contributed by atoms with Crippen LogP contribution in [-0.2, 0) is 19.6 Å². The van der Waals surface area contributed by atoms with Gasteiger partial charge in [-0.15, -0.1) is 0 Å². The third-order valence-corrected chi connectivity index (χ3v) is 4.20. The predicted molar refractivity (Wildman–Crippen MR) is 91.5 cm³/mol. The summed E-state index contributed by atoms with van der Waals surface area (Å²) in [6, 6.07) is 11.5. The minimum atomic E-state index is -0.206. The van der Waals surface area contributed by atoms with Crippen LogP contribution in [0.15, 0.2) is 36.4 Å². The number of aromatic amines is 1. The maximum absolute atomic E-state index is 12.3. The molecule has 2 aromatic heterocycles. The van der Waals surface area contributed by atoms with Crippen LogP contribution in [0.4, 0.5) is 0 Å². The Kier molecular flexibility index (Phi) is 4.02. The molecule has 0 saturated carbocycles. The molecule has 4 rings (SSSR count). The van der Waals surface area contributed by atoms with Crippen LogP contribution < -0.4 is 5.32 Å². The largest absolute Gasteiger partial charge is 0.343 e. The van der Waals surface area contributed by atoms with Crippen molar-refractivity contribution in [2.75, 3.05) is 13.6 Å². The van der Waals surface area contributed by atoms with Crippen LogP contribution in [0.25, 0.3) is 11.4 Å². The molecule has 0 saturated heterocycles. The third kappa shape index (κ3) is 3.29. The van der Waals surface area contributed by atoms with Crippen molar-refractivity contribution in [2.45, 2.75) is 19.6 Å². The highest BCUT2D eigenvalue weighted by molar-refractivity contribution is 5.92. The van der Waals surface area contributed by atoms with Crippen LogP contribution in [0.5, 0.6) is 0 Å². The summed E-state index contributed by atoms with van der Waals surface area (Å²) in [6.07, 6.45) is 0. The maximum atomic E-state index is 12.3. The SMILES string of the molecule is CN1CCn2nc(C(=O)NCc3nc(-c4ccccc4)n[nH]3)cc2C1. The van der Waals surface area contributed by atoms with Gasteiger partial charge in [0.2, 0.25) is 0 Å². The van der Waals surface area contributed by atoms with Crippen LogP contribution in [0.3, 0.4) is 0 Å². The van der Waals surface area contributed by atoms with Gasteiger partial charge >= 0.3 is 0 Å². The number of carbonyl (C=O) groups excluding carboxylic acids is 1. The predicted octanol–water partition coefficient (Wildman–Crippen LogP) is 1.04. The van der Waals surface area contributed by atoms with E-state index in [4.69, 9.17) is 0 Å². The summed E-state index contributed by atoms with van der Waals surface area (Å²) in [5.74, 6) is 1.02. The number of fused-ring (bicyclic) bond motifs is 1. The molecule has 0 unspecified atom stereocenters. The summed E-state index contributed by atoms with van der Waals surface area (Å²) in [6.45, 7) is 2.83. The Hall–Kier alpha value is -3.00. The lowest BCUT2D eigenvalue weighted by Gasteiger charge is -2.22. The molecular weight excluding hydrogens is 318 g/mol. The molecule has 8 nitrogen and oxygen atoms in total. The number of nitrogens with zero attached hydrogens (tertiary/aromatic N) is 5. The van der Waals surface area contributed by atoms with E-state index in [1.54, 1.807) is 0 Å². The van der Waals surface area contributed by atoms with Crippen molar-refractivity contribution in [1.29, 1.82) is 0 Å². The van der Waals surface area contributed by atoms with E-state index in [0.717, 1.165) is 30.9 Å². The molecule has 25 heavy (non-hydrogen) atoms. The molecule has 3 aromatic rings. The number of carbonyl (C=O) groups is 1. The van der Waals surface area contributed by atoms with Crippen molar-refractivity contribution in [2.24, 2.45) is 0 Å². The van der Waals surface area contributed by atoms with E-state index in [-0.39, 0.29) is 12.5 Å². The van der Waals surface area contributed by atoms with Gasteiger partial charge in [-0.2, -0.15) is 10.2 Å². The zero-order chi connectivity index (χ0) is 17.2. The lowest BCUT2D eigenvalue weighted by atomic mass is 10.2. The quantitative estimate of drug-likeness (QED) is 0.742. The van der Waals surface area contributed by atoms with E-state index < -0.39 is 0 Å². The molecule has 0 aliphatic carbocycles. The van der Waals surface area contributed by atoms with E-state index >= 15 is 0 Å². The Balaban J connectivity index is 1.40. The van der Waals surface area contributed by atoms with Crippen molar-refractivity contribution in [3.8, 4) is 11.4 Å². The first kappa shape index (κ1) is 15.5. The number of nitrogens with one attached hydrogen (secondary N) is 2. The summed E-state index contributed by atoms with van der Waals surface area (Å²) in [7, 11) is 2.06. The molecule has 0 spiro atoms. The second-order valence-corrected chi connectivity index (χ2v) is 6.14. The standard InChI is InChI=1S/C17H19N7O/c1-23-7-8-24-13(11-23)9-14(22-24)17(25)18-10-15-19-16(21-20-15)12-5-3-2-4-6-12/h2-6,9H,7-8,10-11H2,1H3,(H,18,25)(H,19,20,21). The first-order valence-corrected chi connectivity index (χ1v) is 8.19. The molecule has 0 bridgehead atoms. The average Bonchev–Trinajstić information content (AvgIpc) is 3.27. The number of hydrogen-bond donors (Lipinski definition) is 2. The van der Waals surface area contributed by atoms with E-state index in [1.165, 1.54) is 0 Å². The molecule has 1 aliphatic rings. The molecule has 1 aromatic carbocycles. The number of likely N-dealkylation sites (N-methyl/N-ethyl adjacent to an activating group) is 1. The molecular formula is C17H19N7O. The molecule has 8 heteroatoms. The van der Waals surface area contributed by atoms with Crippen LogP contribution in [0.1, 0.15) is 22.0 Å². The van der Waals surface area contributed by atoms with E-state index in [0.29, 0.717) is 17.3 Å². The van der Waals surface area contributed by atoms with Gasteiger partial charge in [-0.25, -0.2) is 4.98 Å². The minimum absolute atomic E-state index is 0.206. The molecule has 0 atom stereocenters. The Labute approximate surface area is 144 Å². The lowest BCUT2D eigenvalue weighted by Crippen LogP contribution is -2.30. The van der Waals surface area contributed by atoms with Crippen molar-refractivity contribution in [3.05, 3.63) is 53.6 Å². The van der Waals surface area contributed by atoms with Gasteiger partial charge in [0.1, 0.15) is 5.82 Å². The van der Waals surface area contributed by atoms with Gasteiger partial charge in [0.05, 0.1) is 18.8 Å². The van der Waals surface area contributed by atoms with Crippen LogP contribution in [0.2, 0.25) is 0 Å². The normalized spacial score (nSPS) is 14.3. The van der Waals surface area contributed by atoms with Gasteiger partial charge in [0.15, 0.2) is 11.5 Å². The zero-order valence-electron chi connectivity index (χ0n) is 13.9. The monoisotopic (exact) mass is 337 g/mol. The first-order chi connectivity index (χ1) is 12.2. The highest BCUT2D eigenvalue weighted by Crippen LogP contribution is 2.14. The fraction of sp³-hybridized carbons (Fsp3) is 0.294. The number of hydrogen-bond acceptors (Lipinski definition) is 5. The lowest BCUT2D eigenvalue weighted by molar-refractivity contribution is 0.0944. The number of amides is 1. The molecule has 2 N–H and O–H groups in total. The Morgan fingerprint density at radius 2 is 2.12 bits per heavy atom. The first-order valence-electron chi connectivity index (χ1n) is 8.19. The molecule has 128 valence electrons. The Bertz CT molecular complexity index is 884. The van der Waals surface area contributed by atoms with E-state index in [1.807, 2.05) is 41.1 Å². The van der Waals surface area contributed by atoms with Crippen LogP contribution in [0, 0.1) is 0 Å². The van der Waals surface area contributed by atoms with Crippen LogP contribution >= 0.6 is 0 Å². The maximum Gasteiger partial charge on any atom is 0.272 e. The van der Waals surface area contributed by atoms with Crippen molar-refractivity contribution in [1.82, 2.24) is 35.2 Å². The second-order valence-electron chi connectivity index (χ2n) is 6.14. The molecule has 3 heterocycles. The third-order valence-electron chi connectivity index (χ3n) is 4.20. The summed E-state index contributed by atoms with van der Waals surface area (Å²) < 4.78 is 1.90. The van der Waals surface area contributed by atoms with Gasteiger partial charge in [-0.1, -0.05) is 30.3 Å². The summed E-state index contributed by atoms with van der Waals surface area (Å²) in [5, 5.41) is 14.3. The van der Waals surface area contributed by atoms with E-state index in [9.17, 15) is 4.79 Å². The fourth-order valence-corrected chi connectivity index (χ4v) is 2.85. The summed E-state index contributed by atoms with van der Waals surface area (Å²) in [5.41, 5.74) is 2.43. The van der Waals surface area contributed by atoms with Crippen molar-refractivity contribution >= 4 is 5.91 Å². The average molecular weight is 337 g/mol. The summed E-state index contributed by atoms with van der Waals surface area (Å²) >= 11 is 0. The molecule has 1 aliphatic heterocycles. The molecule has 0 radical (unpaired) electrons. The fourth-order valence-electron chi connectivity index (χ4n) is 2.85. The van der Waals surface area contributed by atoms with Gasteiger partial charge in [0, 0.05) is 18.7 Å². The van der Waals surface area contributed by atoms with Gasteiger partial charge in [-0.05, 0) is 13.1 Å². The topological polar surface area (TPSA) is 91.7 Å². The highest BCUT2D eigenvalue weighted by atomic mass is 16.1. The molecule has 1 amide bonds. The highest BCUT2D eigenvalue weighted by Gasteiger charge is 2.19. The van der Waals surface area contributed by atoms with Crippen LogP contribution in [-0.4, -0.2) is 49.4 Å². The van der Waals surface area contributed by atoms with Crippen molar-refractivity contribution < 1.29 is 4.79 Å². The zero-order valence-corrected chi connectivity index (χ0v) is 13.9. The minimum Gasteiger partial charge on any atom is -0.343 e. The number of H-pyrrole nitrogens is 1. The van der Waals surface area contributed by atoms with Gasteiger partial charge < -0.3 is 5.32 Å². The second kappa shape index (κ2) is 6.48. The smallest absolute Gasteiger partial charge is 0.272 e. The number of rotatable bonds is 4. The molecule has 0 fully saturated rings. The van der Waals surface area contributed by atoms with Gasteiger partial charge in [0.25, 0.3) is 5.91 Å². The Morgan fingerprint density at radius 1 is 1.28 bits per heavy atom. The van der Waals surface area contributed by atoms with Crippen molar-refractivity contribution in [3.63, 3.8) is 0 Å². The number of benzene rings is 1. The number of aromatic nitrogens is 5. The summed E-state index contributed by atoms with van der Waals surface area (Å²) in [4.78, 5) is 18.9.